The molecule has 1 saturated heterocycles. The number of hydrogen-bond acceptors (Lipinski definition) is 8. The molecule has 0 unspecified atom stereocenters. The maximum Gasteiger partial charge on any atom is 0.262 e. The number of anilines is 1. The topological polar surface area (TPSA) is 142 Å². The van der Waals surface area contributed by atoms with Crippen molar-refractivity contribution in [3.8, 4) is 17.1 Å². The van der Waals surface area contributed by atoms with Crippen molar-refractivity contribution < 1.29 is 17.7 Å². The molecule has 2 aliphatic rings. The molecule has 208 valence electrons. The molecule has 3 heterocycles. The van der Waals surface area contributed by atoms with E-state index in [1.54, 1.807) is 11.8 Å². The van der Waals surface area contributed by atoms with Crippen molar-refractivity contribution >= 4 is 26.8 Å². The summed E-state index contributed by atoms with van der Waals surface area (Å²) in [5, 5.41) is 8.74. The minimum absolute atomic E-state index is 0.121. The molecule has 0 radical (unpaired) electrons. The molecule has 0 spiro atoms. The number of ether oxygens (including phenoxy) is 1. The molecule has 1 saturated carbocycles. The van der Waals surface area contributed by atoms with E-state index >= 15 is 0 Å². The Labute approximate surface area is 223 Å². The number of nitrogens with zero attached hydrogens (tertiary/aromatic N) is 4. The molecule has 5 rings (SSSR count). The van der Waals surface area contributed by atoms with Gasteiger partial charge >= 0.3 is 0 Å². The number of aromatic nitrogens is 4. The molecule has 3 N–H and O–H groups in total. The molecule has 0 bridgehead atoms. The van der Waals surface area contributed by atoms with Crippen LogP contribution in [0.4, 0.5) is 5.69 Å². The van der Waals surface area contributed by atoms with Crippen molar-refractivity contribution in [2.45, 2.75) is 56.9 Å². The number of piperidine rings is 1. The fraction of sp³-hybridized carbons (Fsp3) is 0.577. The van der Waals surface area contributed by atoms with E-state index in [0.29, 0.717) is 40.8 Å². The highest BCUT2D eigenvalue weighted by Gasteiger charge is 2.25. The Morgan fingerprint density at radius 1 is 1.13 bits per heavy atom. The van der Waals surface area contributed by atoms with Gasteiger partial charge in [-0.1, -0.05) is 19.3 Å². The Balaban J connectivity index is 0.000000617. The Kier molecular flexibility index (Phi) is 8.74. The quantitative estimate of drug-likeness (QED) is 0.412. The third-order valence-corrected chi connectivity index (χ3v) is 7.42. The monoisotopic (exact) mass is 546 g/mol. The fourth-order valence-electron chi connectivity index (χ4n) is 5.47. The van der Waals surface area contributed by atoms with Crippen molar-refractivity contribution in [2.75, 3.05) is 38.4 Å². The van der Waals surface area contributed by atoms with Crippen LogP contribution in [-0.2, 0) is 17.2 Å². The minimum atomic E-state index is -3.67. The number of methoxy groups -OCH3 is 1. The van der Waals surface area contributed by atoms with Crippen LogP contribution in [0, 0.1) is 0 Å². The van der Waals surface area contributed by atoms with Crippen molar-refractivity contribution in [3.63, 3.8) is 0 Å². The average molecular weight is 547 g/mol. The van der Waals surface area contributed by atoms with E-state index in [-0.39, 0.29) is 5.56 Å². The number of rotatable bonds is 5. The molecule has 1 aliphatic heterocycles. The van der Waals surface area contributed by atoms with Crippen LogP contribution in [0.25, 0.3) is 22.4 Å². The summed E-state index contributed by atoms with van der Waals surface area (Å²) < 4.78 is 33.4. The number of H-pyrrole nitrogens is 1. The highest BCUT2D eigenvalue weighted by atomic mass is 32.2. The molecule has 11 nitrogen and oxygen atoms in total. The second kappa shape index (κ2) is 11.8. The summed E-state index contributed by atoms with van der Waals surface area (Å²) in [5.74, 6) is 1.57. The fourth-order valence-corrected chi connectivity index (χ4v) is 5.47. The number of aromatic amines is 1. The maximum absolute atomic E-state index is 13.2. The van der Waals surface area contributed by atoms with Crippen LogP contribution >= 0.6 is 0 Å². The predicted octanol–water partition coefficient (Wildman–Crippen LogP) is 3.07. The molecular formula is C26H38N6O5S. The predicted molar refractivity (Wildman–Crippen MR) is 149 cm³/mol. The number of nitrogens with one attached hydrogen (secondary N) is 2. The summed E-state index contributed by atoms with van der Waals surface area (Å²) in [5.41, 5.74) is 3.33. The molecule has 38 heavy (non-hydrogen) atoms. The molecular weight excluding hydrogens is 508 g/mol. The zero-order valence-electron chi connectivity index (χ0n) is 22.5. The SMILES string of the molecule is CNC1CCN(c2ccc(-c3nc4c(c(C5CCCCC5)nn4C)c(=O)[nH]3)c(OC)c2)CC1.CS(=O)(=O)O. The summed E-state index contributed by atoms with van der Waals surface area (Å²) in [6.45, 7) is 2.02. The van der Waals surface area contributed by atoms with Crippen LogP contribution < -0.4 is 20.5 Å². The van der Waals surface area contributed by atoms with Gasteiger partial charge in [0.2, 0.25) is 0 Å². The second-order valence-corrected chi connectivity index (χ2v) is 11.6. The summed E-state index contributed by atoms with van der Waals surface area (Å²) in [6.07, 6.45) is 8.80. The third kappa shape index (κ3) is 6.54. The lowest BCUT2D eigenvalue weighted by molar-refractivity contribution is 0.415. The Morgan fingerprint density at radius 3 is 2.39 bits per heavy atom. The smallest absolute Gasteiger partial charge is 0.262 e. The highest BCUT2D eigenvalue weighted by Crippen LogP contribution is 2.36. The van der Waals surface area contributed by atoms with E-state index in [0.717, 1.165) is 55.7 Å². The molecule has 2 aromatic heterocycles. The van der Waals surface area contributed by atoms with Crippen molar-refractivity contribution in [1.82, 2.24) is 25.1 Å². The first-order valence-corrected chi connectivity index (χ1v) is 14.9. The number of aryl methyl sites for hydroxylation is 1. The van der Waals surface area contributed by atoms with Gasteiger partial charge < -0.3 is 19.9 Å². The van der Waals surface area contributed by atoms with Gasteiger partial charge in [0.15, 0.2) is 5.65 Å². The van der Waals surface area contributed by atoms with E-state index in [2.05, 4.69) is 27.3 Å². The summed E-state index contributed by atoms with van der Waals surface area (Å²) in [7, 11) is 1.90. The van der Waals surface area contributed by atoms with E-state index in [9.17, 15) is 13.2 Å². The minimum Gasteiger partial charge on any atom is -0.496 e. The van der Waals surface area contributed by atoms with Crippen LogP contribution in [0.1, 0.15) is 56.6 Å². The Hall–Kier alpha value is -2.96. The first-order valence-electron chi connectivity index (χ1n) is 13.1. The van der Waals surface area contributed by atoms with Crippen molar-refractivity contribution in [2.24, 2.45) is 7.05 Å². The van der Waals surface area contributed by atoms with Crippen LogP contribution in [-0.4, -0.2) is 72.3 Å². The van der Waals surface area contributed by atoms with Crippen molar-refractivity contribution in [3.05, 3.63) is 34.2 Å². The average Bonchev–Trinajstić information content (AvgIpc) is 3.24. The lowest BCUT2D eigenvalue weighted by atomic mass is 9.86. The van der Waals surface area contributed by atoms with E-state index in [1.165, 1.54) is 19.3 Å². The molecule has 0 atom stereocenters. The molecule has 0 amide bonds. The van der Waals surface area contributed by atoms with Crippen LogP contribution in [0.2, 0.25) is 0 Å². The van der Waals surface area contributed by atoms with Crippen LogP contribution in [0.5, 0.6) is 5.75 Å². The van der Waals surface area contributed by atoms with Gasteiger partial charge in [-0.25, -0.2) is 9.67 Å². The molecule has 12 heteroatoms. The maximum atomic E-state index is 13.2. The van der Waals surface area contributed by atoms with Gasteiger partial charge in [0.1, 0.15) is 17.0 Å². The van der Waals surface area contributed by atoms with Gasteiger partial charge in [0, 0.05) is 43.9 Å². The second-order valence-electron chi connectivity index (χ2n) is 10.1. The van der Waals surface area contributed by atoms with Gasteiger partial charge in [0.25, 0.3) is 15.7 Å². The van der Waals surface area contributed by atoms with Gasteiger partial charge in [-0.15, -0.1) is 0 Å². The lowest BCUT2D eigenvalue weighted by Gasteiger charge is -2.33. The summed E-state index contributed by atoms with van der Waals surface area (Å²) in [6, 6.07) is 6.73. The molecule has 3 aromatic rings. The van der Waals surface area contributed by atoms with Crippen molar-refractivity contribution in [1.29, 1.82) is 0 Å². The zero-order valence-corrected chi connectivity index (χ0v) is 23.3. The summed E-state index contributed by atoms with van der Waals surface area (Å²) >= 11 is 0. The van der Waals surface area contributed by atoms with E-state index in [4.69, 9.17) is 19.4 Å². The van der Waals surface area contributed by atoms with Gasteiger partial charge in [0.05, 0.1) is 24.6 Å². The van der Waals surface area contributed by atoms with Gasteiger partial charge in [-0.05, 0) is 44.9 Å². The zero-order chi connectivity index (χ0) is 27.4. The molecule has 1 aliphatic carbocycles. The van der Waals surface area contributed by atoms with Gasteiger partial charge in [-0.3, -0.25) is 9.35 Å². The Bertz CT molecular complexity index is 1410. The largest absolute Gasteiger partial charge is 0.496 e. The van der Waals surface area contributed by atoms with Crippen LogP contribution in [0.15, 0.2) is 23.0 Å². The highest BCUT2D eigenvalue weighted by molar-refractivity contribution is 7.85. The number of benzene rings is 1. The van der Waals surface area contributed by atoms with E-state index in [1.807, 2.05) is 20.2 Å². The number of fused-ring (bicyclic) bond motifs is 1. The van der Waals surface area contributed by atoms with Crippen LogP contribution in [0.3, 0.4) is 0 Å². The van der Waals surface area contributed by atoms with Gasteiger partial charge in [-0.2, -0.15) is 13.5 Å². The molecule has 2 fully saturated rings. The first kappa shape index (κ1) is 28.1. The standard InChI is InChI=1S/C25H34N6O2.CH4O3S/c1-26-17-11-13-31(14-12-17)18-9-10-19(20(15-18)33-3)23-27-24-21(25(32)28-23)22(29-30(24)2)16-7-5-4-6-8-16;1-5(2,3)4/h9-10,15-17,26H,4-8,11-14H2,1-3H3,(H,27,28,32);1H3,(H,2,3,4). The first-order chi connectivity index (χ1) is 18.1. The lowest BCUT2D eigenvalue weighted by Crippen LogP contribution is -2.41. The van der Waals surface area contributed by atoms with E-state index < -0.39 is 10.1 Å². The summed E-state index contributed by atoms with van der Waals surface area (Å²) in [4.78, 5) is 23.5. The molecule has 1 aromatic carbocycles. The Morgan fingerprint density at radius 2 is 1.79 bits per heavy atom. The normalized spacial score (nSPS) is 17.3. The number of hydrogen-bond donors (Lipinski definition) is 3. The third-order valence-electron chi connectivity index (χ3n) is 7.42.